The topological polar surface area (TPSA) is 68.0 Å². The summed E-state index contributed by atoms with van der Waals surface area (Å²) in [6.45, 7) is 3.46. The second kappa shape index (κ2) is 6.41. The van der Waals surface area contributed by atoms with Crippen molar-refractivity contribution < 1.29 is 13.7 Å². The quantitative estimate of drug-likeness (QED) is 0.764. The molecule has 3 rings (SSSR count). The molecule has 0 aliphatic heterocycles. The standard InChI is InChI=1S/C17H13ClFN3O2/c1-9-6-7-13(20-8-9)21-17(23)14-10(2)24-22-16(14)15-11(18)4-3-5-12(15)19/h3-8H,1-2H3,(H,20,21,23). The Labute approximate surface area is 142 Å². The molecule has 0 unspecified atom stereocenters. The number of benzene rings is 1. The van der Waals surface area contributed by atoms with Gasteiger partial charge < -0.3 is 9.84 Å². The van der Waals surface area contributed by atoms with E-state index in [0.717, 1.165) is 5.56 Å². The van der Waals surface area contributed by atoms with Crippen LogP contribution in [0.5, 0.6) is 0 Å². The fraction of sp³-hybridized carbons (Fsp3) is 0.118. The van der Waals surface area contributed by atoms with Crippen molar-refractivity contribution in [2.24, 2.45) is 0 Å². The molecule has 0 fully saturated rings. The number of nitrogens with zero attached hydrogens (tertiary/aromatic N) is 2. The van der Waals surface area contributed by atoms with Crippen molar-refractivity contribution in [1.82, 2.24) is 10.1 Å². The molecule has 0 aliphatic carbocycles. The molecule has 1 N–H and O–H groups in total. The summed E-state index contributed by atoms with van der Waals surface area (Å²) in [5.74, 6) is -0.455. The lowest BCUT2D eigenvalue weighted by Gasteiger charge is -2.07. The predicted octanol–water partition coefficient (Wildman–Crippen LogP) is 4.40. The molecule has 0 saturated carbocycles. The number of aromatic nitrogens is 2. The van der Waals surface area contributed by atoms with Gasteiger partial charge >= 0.3 is 0 Å². The molecule has 2 heterocycles. The van der Waals surface area contributed by atoms with Crippen LogP contribution in [0.4, 0.5) is 10.2 Å². The molecule has 0 saturated heterocycles. The summed E-state index contributed by atoms with van der Waals surface area (Å²) in [6, 6.07) is 7.73. The zero-order valence-electron chi connectivity index (χ0n) is 12.9. The maximum absolute atomic E-state index is 14.1. The summed E-state index contributed by atoms with van der Waals surface area (Å²) < 4.78 is 19.2. The third-order valence-corrected chi connectivity index (χ3v) is 3.76. The zero-order chi connectivity index (χ0) is 17.3. The second-order valence-corrected chi connectivity index (χ2v) is 5.64. The molecule has 0 bridgehead atoms. The molecule has 0 radical (unpaired) electrons. The molecule has 3 aromatic rings. The number of pyridine rings is 1. The Balaban J connectivity index is 2.01. The number of hydrogen-bond donors (Lipinski definition) is 1. The van der Waals surface area contributed by atoms with Gasteiger partial charge in [0.2, 0.25) is 0 Å². The lowest BCUT2D eigenvalue weighted by atomic mass is 10.0. The molecule has 2 aromatic heterocycles. The van der Waals surface area contributed by atoms with Crippen LogP contribution in [0.3, 0.4) is 0 Å². The molecule has 122 valence electrons. The van der Waals surface area contributed by atoms with E-state index in [9.17, 15) is 9.18 Å². The molecule has 0 spiro atoms. The van der Waals surface area contributed by atoms with Gasteiger partial charge in [-0.2, -0.15) is 0 Å². The summed E-state index contributed by atoms with van der Waals surface area (Å²) in [5, 5.41) is 6.59. The number of halogens is 2. The van der Waals surface area contributed by atoms with Crippen molar-refractivity contribution in [2.45, 2.75) is 13.8 Å². The van der Waals surface area contributed by atoms with E-state index in [1.807, 2.05) is 13.0 Å². The van der Waals surface area contributed by atoms with Crippen LogP contribution < -0.4 is 5.32 Å². The summed E-state index contributed by atoms with van der Waals surface area (Å²) in [7, 11) is 0. The Kier molecular flexibility index (Phi) is 4.31. The maximum atomic E-state index is 14.1. The minimum Gasteiger partial charge on any atom is -0.360 e. The fourth-order valence-corrected chi connectivity index (χ4v) is 2.51. The largest absolute Gasteiger partial charge is 0.360 e. The van der Waals surface area contributed by atoms with E-state index < -0.39 is 11.7 Å². The number of aryl methyl sites for hydroxylation is 2. The predicted molar refractivity (Wildman–Crippen MR) is 88.6 cm³/mol. The molecular formula is C17H13ClFN3O2. The zero-order valence-corrected chi connectivity index (χ0v) is 13.7. The first-order chi connectivity index (χ1) is 11.5. The number of nitrogens with one attached hydrogen (secondary N) is 1. The van der Waals surface area contributed by atoms with E-state index in [1.165, 1.54) is 18.2 Å². The van der Waals surface area contributed by atoms with Crippen LogP contribution in [0.2, 0.25) is 5.02 Å². The molecule has 0 atom stereocenters. The average molecular weight is 346 g/mol. The van der Waals surface area contributed by atoms with Crippen molar-refractivity contribution in [2.75, 3.05) is 5.32 Å². The van der Waals surface area contributed by atoms with E-state index in [2.05, 4.69) is 15.5 Å². The molecular weight excluding hydrogens is 333 g/mol. The number of rotatable bonds is 3. The van der Waals surface area contributed by atoms with E-state index in [1.54, 1.807) is 19.2 Å². The first kappa shape index (κ1) is 16.1. The van der Waals surface area contributed by atoms with E-state index in [4.69, 9.17) is 16.1 Å². The number of anilines is 1. The van der Waals surface area contributed by atoms with Gasteiger partial charge in [0.1, 0.15) is 28.7 Å². The minimum atomic E-state index is -0.585. The van der Waals surface area contributed by atoms with Crippen molar-refractivity contribution >= 4 is 23.3 Å². The van der Waals surface area contributed by atoms with E-state index >= 15 is 0 Å². The Hall–Kier alpha value is -2.73. The van der Waals surface area contributed by atoms with Crippen LogP contribution >= 0.6 is 11.6 Å². The smallest absolute Gasteiger partial charge is 0.262 e. The molecule has 1 amide bonds. The minimum absolute atomic E-state index is 0.0260. The van der Waals surface area contributed by atoms with Gasteiger partial charge in [0.15, 0.2) is 0 Å². The van der Waals surface area contributed by atoms with E-state index in [-0.39, 0.29) is 27.6 Å². The van der Waals surface area contributed by atoms with E-state index in [0.29, 0.717) is 5.82 Å². The first-order valence-electron chi connectivity index (χ1n) is 7.12. The highest BCUT2D eigenvalue weighted by Gasteiger charge is 2.25. The van der Waals surface area contributed by atoms with Crippen LogP contribution in [-0.2, 0) is 0 Å². The maximum Gasteiger partial charge on any atom is 0.262 e. The third-order valence-electron chi connectivity index (χ3n) is 3.44. The molecule has 24 heavy (non-hydrogen) atoms. The summed E-state index contributed by atoms with van der Waals surface area (Å²) in [6.07, 6.45) is 1.63. The van der Waals surface area contributed by atoms with Gasteiger partial charge in [0, 0.05) is 6.20 Å². The highest BCUT2D eigenvalue weighted by molar-refractivity contribution is 6.33. The lowest BCUT2D eigenvalue weighted by Crippen LogP contribution is -2.14. The van der Waals surface area contributed by atoms with Crippen molar-refractivity contribution in [3.63, 3.8) is 0 Å². The highest BCUT2D eigenvalue weighted by atomic mass is 35.5. The highest BCUT2D eigenvalue weighted by Crippen LogP contribution is 2.33. The molecule has 0 aliphatic rings. The summed E-state index contributed by atoms with van der Waals surface area (Å²) in [5.41, 5.74) is 1.16. The average Bonchev–Trinajstić information content (AvgIpc) is 2.91. The van der Waals surface area contributed by atoms with Gasteiger partial charge in [-0.25, -0.2) is 9.37 Å². The number of hydrogen-bond acceptors (Lipinski definition) is 4. The number of carbonyl (C=O) groups excluding carboxylic acids is 1. The van der Waals surface area contributed by atoms with Gasteiger partial charge in [0.25, 0.3) is 5.91 Å². The lowest BCUT2D eigenvalue weighted by molar-refractivity contribution is 0.102. The SMILES string of the molecule is Cc1ccc(NC(=O)c2c(-c3c(F)cccc3Cl)noc2C)nc1. The molecule has 1 aromatic carbocycles. The van der Waals surface area contributed by atoms with Gasteiger partial charge in [0.05, 0.1) is 10.6 Å². The van der Waals surface area contributed by atoms with Crippen LogP contribution in [0, 0.1) is 19.7 Å². The monoisotopic (exact) mass is 345 g/mol. The summed E-state index contributed by atoms with van der Waals surface area (Å²) >= 11 is 6.06. The van der Waals surface area contributed by atoms with Crippen molar-refractivity contribution in [1.29, 1.82) is 0 Å². The third kappa shape index (κ3) is 3.00. The fourth-order valence-electron chi connectivity index (χ4n) is 2.25. The Morgan fingerprint density at radius 1 is 1.25 bits per heavy atom. The summed E-state index contributed by atoms with van der Waals surface area (Å²) in [4.78, 5) is 16.7. The van der Waals surface area contributed by atoms with Crippen molar-refractivity contribution in [3.8, 4) is 11.3 Å². The second-order valence-electron chi connectivity index (χ2n) is 5.23. The van der Waals surface area contributed by atoms with Gasteiger partial charge in [-0.05, 0) is 37.6 Å². The normalized spacial score (nSPS) is 10.7. The first-order valence-corrected chi connectivity index (χ1v) is 7.50. The Bertz CT molecular complexity index is 886. The van der Waals surface area contributed by atoms with Crippen molar-refractivity contribution in [3.05, 3.63) is 64.3 Å². The van der Waals surface area contributed by atoms with Crippen LogP contribution in [0.15, 0.2) is 41.1 Å². The van der Waals surface area contributed by atoms with Gasteiger partial charge in [-0.1, -0.05) is 28.9 Å². The Morgan fingerprint density at radius 2 is 2.04 bits per heavy atom. The Morgan fingerprint density at radius 3 is 2.71 bits per heavy atom. The number of amides is 1. The van der Waals surface area contributed by atoms with Crippen LogP contribution in [0.25, 0.3) is 11.3 Å². The molecule has 7 heteroatoms. The van der Waals surface area contributed by atoms with Crippen LogP contribution in [-0.4, -0.2) is 16.0 Å². The molecule has 5 nitrogen and oxygen atoms in total. The number of carbonyl (C=O) groups is 1. The van der Waals surface area contributed by atoms with Crippen LogP contribution in [0.1, 0.15) is 21.7 Å². The van der Waals surface area contributed by atoms with Gasteiger partial charge in [-0.3, -0.25) is 4.79 Å². The van der Waals surface area contributed by atoms with Gasteiger partial charge in [-0.15, -0.1) is 0 Å².